The number of rotatable bonds is 3. The fraction of sp³-hybridized carbons (Fsp3) is 0.429. The van der Waals surface area contributed by atoms with Crippen molar-refractivity contribution >= 4 is 17.5 Å². The molecule has 5 nitrogen and oxygen atoms in total. The third-order valence-corrected chi connectivity index (χ3v) is 3.49. The van der Waals surface area contributed by atoms with Gasteiger partial charge in [-0.25, -0.2) is 0 Å². The first-order chi connectivity index (χ1) is 10.3. The molecule has 1 heterocycles. The lowest BCUT2D eigenvalue weighted by Crippen LogP contribution is -2.53. The van der Waals surface area contributed by atoms with E-state index in [9.17, 15) is 22.8 Å². The first-order valence-electron chi connectivity index (χ1n) is 6.77. The van der Waals surface area contributed by atoms with Crippen LogP contribution in [0, 0.1) is 0 Å². The molecule has 1 atom stereocenters. The molecule has 0 bridgehead atoms. The fourth-order valence-electron chi connectivity index (χ4n) is 2.23. The molecule has 0 aromatic heterocycles. The van der Waals surface area contributed by atoms with Gasteiger partial charge in [-0.15, -0.1) is 0 Å². The van der Waals surface area contributed by atoms with Crippen molar-refractivity contribution in [3.05, 3.63) is 29.8 Å². The number of nitrogens with zero attached hydrogens (tertiary/aromatic N) is 1. The SMILES string of the molecule is CC(C(=O)Nc1ccccc1C(F)(F)F)N1CCNC(=O)C1. The van der Waals surface area contributed by atoms with Crippen LogP contribution in [0.15, 0.2) is 24.3 Å². The Morgan fingerprint density at radius 3 is 2.68 bits per heavy atom. The molecule has 8 heteroatoms. The Hall–Kier alpha value is -2.09. The average Bonchev–Trinajstić information content (AvgIpc) is 2.46. The van der Waals surface area contributed by atoms with Crippen LogP contribution in [0.5, 0.6) is 0 Å². The predicted octanol–water partition coefficient (Wildman–Crippen LogP) is 1.46. The number of hydrogen-bond donors (Lipinski definition) is 2. The highest BCUT2D eigenvalue weighted by atomic mass is 19.4. The molecule has 1 aromatic rings. The number of nitrogens with one attached hydrogen (secondary N) is 2. The molecule has 1 unspecified atom stereocenters. The minimum Gasteiger partial charge on any atom is -0.354 e. The van der Waals surface area contributed by atoms with Crippen LogP contribution in [0.4, 0.5) is 18.9 Å². The number of benzene rings is 1. The molecule has 1 aromatic carbocycles. The van der Waals surface area contributed by atoms with Crippen molar-refractivity contribution in [3.63, 3.8) is 0 Å². The molecule has 2 N–H and O–H groups in total. The van der Waals surface area contributed by atoms with Crippen LogP contribution >= 0.6 is 0 Å². The Balaban J connectivity index is 2.10. The minimum atomic E-state index is -4.54. The van der Waals surface area contributed by atoms with Crippen molar-refractivity contribution in [1.82, 2.24) is 10.2 Å². The highest BCUT2D eigenvalue weighted by Crippen LogP contribution is 2.34. The standard InChI is InChI=1S/C14H16F3N3O2/c1-9(20-7-6-18-12(21)8-20)13(22)19-11-5-3-2-4-10(11)14(15,16)17/h2-5,9H,6-8H2,1H3,(H,18,21)(H,19,22). The first kappa shape index (κ1) is 16.3. The lowest BCUT2D eigenvalue weighted by molar-refractivity contribution is -0.137. The molecule has 22 heavy (non-hydrogen) atoms. The number of piperazine rings is 1. The van der Waals surface area contributed by atoms with Gasteiger partial charge in [-0.2, -0.15) is 13.2 Å². The van der Waals surface area contributed by atoms with Gasteiger partial charge in [-0.1, -0.05) is 12.1 Å². The van der Waals surface area contributed by atoms with Gasteiger partial charge in [0.15, 0.2) is 0 Å². The van der Waals surface area contributed by atoms with Crippen molar-refractivity contribution in [2.75, 3.05) is 25.0 Å². The van der Waals surface area contributed by atoms with Gasteiger partial charge in [0.1, 0.15) is 0 Å². The number of alkyl halides is 3. The summed E-state index contributed by atoms with van der Waals surface area (Å²) in [7, 11) is 0. The lowest BCUT2D eigenvalue weighted by Gasteiger charge is -2.31. The maximum atomic E-state index is 12.9. The summed E-state index contributed by atoms with van der Waals surface area (Å²) in [6.45, 7) is 2.50. The third-order valence-electron chi connectivity index (χ3n) is 3.49. The number of carbonyl (C=O) groups excluding carboxylic acids is 2. The number of anilines is 1. The Kier molecular flexibility index (Phi) is 4.70. The maximum Gasteiger partial charge on any atom is 0.418 e. The largest absolute Gasteiger partial charge is 0.418 e. The van der Waals surface area contributed by atoms with E-state index in [0.717, 1.165) is 6.07 Å². The van der Waals surface area contributed by atoms with Crippen molar-refractivity contribution in [2.24, 2.45) is 0 Å². The van der Waals surface area contributed by atoms with Crippen LogP contribution < -0.4 is 10.6 Å². The van der Waals surface area contributed by atoms with Gasteiger partial charge in [0.2, 0.25) is 11.8 Å². The summed E-state index contributed by atoms with van der Waals surface area (Å²) in [6.07, 6.45) is -4.54. The molecule has 0 spiro atoms. The molecule has 2 amide bonds. The molecule has 2 rings (SSSR count). The molecule has 1 aliphatic rings. The summed E-state index contributed by atoms with van der Waals surface area (Å²) >= 11 is 0. The van der Waals surface area contributed by atoms with Crippen LogP contribution in [0.25, 0.3) is 0 Å². The summed E-state index contributed by atoms with van der Waals surface area (Å²) in [5.41, 5.74) is -1.18. The van der Waals surface area contributed by atoms with E-state index in [1.54, 1.807) is 11.8 Å². The molecule has 0 saturated carbocycles. The Labute approximate surface area is 125 Å². The summed E-state index contributed by atoms with van der Waals surface area (Å²) in [6, 6.07) is 4.10. The number of hydrogen-bond acceptors (Lipinski definition) is 3. The number of para-hydroxylation sites is 1. The van der Waals surface area contributed by atoms with E-state index >= 15 is 0 Å². The molecule has 1 aliphatic heterocycles. The lowest BCUT2D eigenvalue weighted by atomic mass is 10.1. The second-order valence-corrected chi connectivity index (χ2v) is 5.03. The monoisotopic (exact) mass is 315 g/mol. The molecule has 1 saturated heterocycles. The zero-order valence-corrected chi connectivity index (χ0v) is 11.9. The van der Waals surface area contributed by atoms with Crippen molar-refractivity contribution < 1.29 is 22.8 Å². The van der Waals surface area contributed by atoms with Gasteiger partial charge >= 0.3 is 6.18 Å². The average molecular weight is 315 g/mol. The van der Waals surface area contributed by atoms with Crippen LogP contribution in [0.2, 0.25) is 0 Å². The van der Waals surface area contributed by atoms with Gasteiger partial charge in [-0.05, 0) is 19.1 Å². The second-order valence-electron chi connectivity index (χ2n) is 5.03. The maximum absolute atomic E-state index is 12.9. The summed E-state index contributed by atoms with van der Waals surface area (Å²) in [5, 5.41) is 4.92. The van der Waals surface area contributed by atoms with E-state index in [1.807, 2.05) is 0 Å². The molecular formula is C14H16F3N3O2. The Morgan fingerprint density at radius 2 is 2.05 bits per heavy atom. The van der Waals surface area contributed by atoms with E-state index in [-0.39, 0.29) is 18.1 Å². The van der Waals surface area contributed by atoms with E-state index < -0.39 is 23.7 Å². The van der Waals surface area contributed by atoms with Crippen LogP contribution in [-0.4, -0.2) is 42.4 Å². The predicted molar refractivity (Wildman–Crippen MR) is 74.1 cm³/mol. The zero-order chi connectivity index (χ0) is 16.3. The normalized spacial score (nSPS) is 17.7. The number of halogens is 3. The molecule has 0 aliphatic carbocycles. The highest BCUT2D eigenvalue weighted by molar-refractivity contribution is 5.95. The third kappa shape index (κ3) is 3.76. The Bertz CT molecular complexity index is 575. The fourth-order valence-corrected chi connectivity index (χ4v) is 2.23. The van der Waals surface area contributed by atoms with Gasteiger partial charge in [0.25, 0.3) is 0 Å². The highest BCUT2D eigenvalue weighted by Gasteiger charge is 2.34. The number of amides is 2. The van der Waals surface area contributed by atoms with E-state index in [4.69, 9.17) is 0 Å². The van der Waals surface area contributed by atoms with Crippen molar-refractivity contribution in [1.29, 1.82) is 0 Å². The van der Waals surface area contributed by atoms with Crippen molar-refractivity contribution in [2.45, 2.75) is 19.1 Å². The summed E-state index contributed by atoms with van der Waals surface area (Å²) < 4.78 is 38.7. The second kappa shape index (κ2) is 6.35. The Morgan fingerprint density at radius 1 is 1.36 bits per heavy atom. The van der Waals surface area contributed by atoms with Crippen LogP contribution in [0.1, 0.15) is 12.5 Å². The molecular weight excluding hydrogens is 299 g/mol. The topological polar surface area (TPSA) is 61.4 Å². The van der Waals surface area contributed by atoms with Crippen LogP contribution in [-0.2, 0) is 15.8 Å². The van der Waals surface area contributed by atoms with Gasteiger partial charge < -0.3 is 10.6 Å². The summed E-state index contributed by atoms with van der Waals surface area (Å²) in [4.78, 5) is 25.1. The molecule has 0 radical (unpaired) electrons. The first-order valence-corrected chi connectivity index (χ1v) is 6.77. The van der Waals surface area contributed by atoms with Gasteiger partial charge in [0, 0.05) is 13.1 Å². The minimum absolute atomic E-state index is 0.0511. The van der Waals surface area contributed by atoms with E-state index in [0.29, 0.717) is 13.1 Å². The molecule has 1 fully saturated rings. The van der Waals surface area contributed by atoms with Gasteiger partial charge in [0.05, 0.1) is 23.8 Å². The molecule has 120 valence electrons. The van der Waals surface area contributed by atoms with Crippen LogP contribution in [0.3, 0.4) is 0 Å². The van der Waals surface area contributed by atoms with E-state index in [1.165, 1.54) is 18.2 Å². The zero-order valence-electron chi connectivity index (χ0n) is 11.9. The van der Waals surface area contributed by atoms with Crippen molar-refractivity contribution in [3.8, 4) is 0 Å². The summed E-state index contributed by atoms with van der Waals surface area (Å²) in [5.74, 6) is -0.784. The van der Waals surface area contributed by atoms with Gasteiger partial charge in [-0.3, -0.25) is 14.5 Å². The number of carbonyl (C=O) groups is 2. The quantitative estimate of drug-likeness (QED) is 0.888. The van der Waals surface area contributed by atoms with E-state index in [2.05, 4.69) is 10.6 Å². The smallest absolute Gasteiger partial charge is 0.354 e.